The molecule has 0 radical (unpaired) electrons. The largest absolute Gasteiger partial charge is 0.412 e. The van der Waals surface area contributed by atoms with Gasteiger partial charge in [0.15, 0.2) is 0 Å². The average molecular weight is 372 g/mol. The van der Waals surface area contributed by atoms with Gasteiger partial charge in [-0.1, -0.05) is 17.3 Å². The fourth-order valence-corrected chi connectivity index (χ4v) is 3.67. The summed E-state index contributed by atoms with van der Waals surface area (Å²) in [7, 11) is 0. The van der Waals surface area contributed by atoms with E-state index in [9.17, 15) is 0 Å². The Morgan fingerprint density at radius 1 is 1.26 bits per heavy atom. The molecule has 0 unspecified atom stereocenters. The first-order valence-electron chi connectivity index (χ1n) is 9.29. The number of fused-ring (bicyclic) bond motifs is 1. The summed E-state index contributed by atoms with van der Waals surface area (Å²) in [5, 5.41) is 7.81. The molecule has 27 heavy (non-hydrogen) atoms. The van der Waals surface area contributed by atoms with Crippen LogP contribution in [-0.4, -0.2) is 57.3 Å². The van der Waals surface area contributed by atoms with Crippen LogP contribution < -0.4 is 11.1 Å². The lowest BCUT2D eigenvalue weighted by atomic mass is 10.1. The molecule has 0 atom stereocenters. The average Bonchev–Trinajstić information content (AvgIpc) is 3.21. The van der Waals surface area contributed by atoms with E-state index >= 15 is 0 Å². The molecular formula is C19H28N6O2. The Labute approximate surface area is 158 Å². The SMILES string of the molecule is Cc1cc(Cn2c(NC3CCN(CCN)CC3)nc3ccccc32)no1.O. The highest BCUT2D eigenvalue weighted by molar-refractivity contribution is 5.78. The minimum Gasteiger partial charge on any atom is -0.412 e. The second-order valence-corrected chi connectivity index (χ2v) is 6.99. The highest BCUT2D eigenvalue weighted by atomic mass is 16.5. The molecule has 8 heteroatoms. The van der Waals surface area contributed by atoms with Gasteiger partial charge in [-0.05, 0) is 31.9 Å². The van der Waals surface area contributed by atoms with Crippen LogP contribution in [0.3, 0.4) is 0 Å². The number of imidazole rings is 1. The molecule has 1 aromatic carbocycles. The number of nitrogens with two attached hydrogens (primary N) is 1. The summed E-state index contributed by atoms with van der Waals surface area (Å²) < 4.78 is 7.42. The molecule has 0 spiro atoms. The molecule has 146 valence electrons. The van der Waals surface area contributed by atoms with Crippen molar-refractivity contribution in [2.75, 3.05) is 31.5 Å². The van der Waals surface area contributed by atoms with Gasteiger partial charge in [-0.2, -0.15) is 0 Å². The van der Waals surface area contributed by atoms with Gasteiger partial charge in [0.1, 0.15) is 11.5 Å². The van der Waals surface area contributed by atoms with Crippen molar-refractivity contribution in [2.45, 2.75) is 32.4 Å². The normalized spacial score (nSPS) is 15.8. The van der Waals surface area contributed by atoms with Crippen LogP contribution in [0.2, 0.25) is 0 Å². The summed E-state index contributed by atoms with van der Waals surface area (Å²) in [6, 6.07) is 10.6. The molecule has 4 rings (SSSR count). The number of piperidine rings is 1. The molecule has 3 aromatic rings. The molecule has 1 aliphatic heterocycles. The van der Waals surface area contributed by atoms with Crippen LogP contribution in [0.5, 0.6) is 0 Å². The maximum atomic E-state index is 5.67. The van der Waals surface area contributed by atoms with Crippen LogP contribution in [0.4, 0.5) is 5.95 Å². The van der Waals surface area contributed by atoms with Crippen LogP contribution in [0.1, 0.15) is 24.3 Å². The van der Waals surface area contributed by atoms with Crippen LogP contribution in [0.25, 0.3) is 11.0 Å². The minimum atomic E-state index is 0. The van der Waals surface area contributed by atoms with Gasteiger partial charge in [-0.3, -0.25) is 0 Å². The summed E-state index contributed by atoms with van der Waals surface area (Å²) in [6.07, 6.45) is 2.21. The standard InChI is InChI=1S/C19H26N6O.H2O/c1-14-12-16(23-26-14)13-25-18-5-3-2-4-17(18)22-19(25)21-15-6-9-24(10-7-15)11-8-20;/h2-5,12,15H,6-11,13,20H2,1H3,(H,21,22);1H2. The number of likely N-dealkylation sites (tertiary alicyclic amines) is 1. The number of nitrogens with one attached hydrogen (secondary N) is 1. The van der Waals surface area contributed by atoms with E-state index in [0.29, 0.717) is 12.6 Å². The van der Waals surface area contributed by atoms with Gasteiger partial charge in [-0.25, -0.2) is 4.98 Å². The zero-order chi connectivity index (χ0) is 17.9. The van der Waals surface area contributed by atoms with Gasteiger partial charge in [0.05, 0.1) is 17.6 Å². The van der Waals surface area contributed by atoms with Gasteiger partial charge in [0, 0.05) is 38.3 Å². The Bertz CT molecular complexity index is 866. The lowest BCUT2D eigenvalue weighted by Gasteiger charge is -2.32. The van der Waals surface area contributed by atoms with E-state index in [2.05, 4.69) is 32.1 Å². The van der Waals surface area contributed by atoms with Crippen LogP contribution >= 0.6 is 0 Å². The zero-order valence-electron chi connectivity index (χ0n) is 15.7. The lowest BCUT2D eigenvalue weighted by molar-refractivity contribution is 0.224. The van der Waals surface area contributed by atoms with Gasteiger partial charge in [-0.15, -0.1) is 0 Å². The minimum absolute atomic E-state index is 0. The van der Waals surface area contributed by atoms with E-state index in [4.69, 9.17) is 15.2 Å². The topological polar surface area (TPSA) is 117 Å². The first kappa shape index (κ1) is 19.3. The number of benzene rings is 1. The Hall–Kier alpha value is -2.42. The fraction of sp³-hybridized carbons (Fsp3) is 0.474. The van der Waals surface area contributed by atoms with Crippen LogP contribution in [-0.2, 0) is 6.54 Å². The van der Waals surface area contributed by atoms with Crippen molar-refractivity contribution in [3.05, 3.63) is 41.8 Å². The number of aromatic nitrogens is 3. The Morgan fingerprint density at radius 2 is 2.04 bits per heavy atom. The van der Waals surface area contributed by atoms with Crippen molar-refractivity contribution in [1.29, 1.82) is 0 Å². The van der Waals surface area contributed by atoms with Gasteiger partial charge < -0.3 is 30.5 Å². The number of anilines is 1. The number of rotatable bonds is 6. The monoisotopic (exact) mass is 372 g/mol. The summed E-state index contributed by atoms with van der Waals surface area (Å²) >= 11 is 0. The summed E-state index contributed by atoms with van der Waals surface area (Å²) in [6.45, 7) is 6.43. The number of nitrogens with zero attached hydrogens (tertiary/aromatic N) is 4. The summed E-state index contributed by atoms with van der Waals surface area (Å²) in [4.78, 5) is 7.25. The molecule has 0 aliphatic carbocycles. The van der Waals surface area contributed by atoms with Crippen molar-refractivity contribution in [3.63, 3.8) is 0 Å². The molecule has 0 saturated carbocycles. The Kier molecular flexibility index (Phi) is 6.10. The van der Waals surface area contributed by atoms with Crippen molar-refractivity contribution >= 4 is 17.0 Å². The first-order chi connectivity index (χ1) is 12.7. The third-order valence-corrected chi connectivity index (χ3v) is 5.02. The molecule has 1 saturated heterocycles. The molecule has 1 fully saturated rings. The van der Waals surface area contributed by atoms with Gasteiger partial charge in [0.2, 0.25) is 5.95 Å². The van der Waals surface area contributed by atoms with E-state index < -0.39 is 0 Å². The molecule has 3 heterocycles. The highest BCUT2D eigenvalue weighted by Crippen LogP contribution is 2.23. The Balaban J connectivity index is 0.00000210. The van der Waals surface area contributed by atoms with Crippen molar-refractivity contribution in [2.24, 2.45) is 5.73 Å². The second-order valence-electron chi connectivity index (χ2n) is 6.99. The van der Waals surface area contributed by atoms with E-state index in [1.807, 2.05) is 25.1 Å². The first-order valence-corrected chi connectivity index (χ1v) is 9.29. The third kappa shape index (κ3) is 4.29. The number of para-hydroxylation sites is 2. The molecule has 5 N–H and O–H groups in total. The molecule has 8 nitrogen and oxygen atoms in total. The van der Waals surface area contributed by atoms with Crippen molar-refractivity contribution < 1.29 is 10.00 Å². The van der Waals surface area contributed by atoms with Gasteiger partial charge in [0.25, 0.3) is 0 Å². The molecule has 0 amide bonds. The molecular weight excluding hydrogens is 344 g/mol. The quantitative estimate of drug-likeness (QED) is 0.675. The zero-order valence-corrected chi connectivity index (χ0v) is 15.7. The van der Waals surface area contributed by atoms with E-state index in [1.165, 1.54) is 0 Å². The highest BCUT2D eigenvalue weighted by Gasteiger charge is 2.21. The van der Waals surface area contributed by atoms with Crippen molar-refractivity contribution in [3.8, 4) is 0 Å². The maximum Gasteiger partial charge on any atom is 0.204 e. The predicted octanol–water partition coefficient (Wildman–Crippen LogP) is 1.39. The van der Waals surface area contributed by atoms with E-state index in [0.717, 1.165) is 67.5 Å². The third-order valence-electron chi connectivity index (χ3n) is 5.02. The predicted molar refractivity (Wildman–Crippen MR) is 106 cm³/mol. The fourth-order valence-electron chi connectivity index (χ4n) is 3.67. The second kappa shape index (κ2) is 8.51. The van der Waals surface area contributed by atoms with Crippen LogP contribution in [0, 0.1) is 6.92 Å². The molecule has 2 aromatic heterocycles. The summed E-state index contributed by atoms with van der Waals surface area (Å²) in [5.74, 6) is 1.73. The lowest BCUT2D eigenvalue weighted by Crippen LogP contribution is -2.41. The smallest absolute Gasteiger partial charge is 0.204 e. The number of hydrogen-bond donors (Lipinski definition) is 2. The van der Waals surface area contributed by atoms with Crippen LogP contribution in [0.15, 0.2) is 34.9 Å². The van der Waals surface area contributed by atoms with Crippen molar-refractivity contribution in [1.82, 2.24) is 19.6 Å². The van der Waals surface area contributed by atoms with E-state index in [1.54, 1.807) is 0 Å². The summed E-state index contributed by atoms with van der Waals surface area (Å²) in [5.41, 5.74) is 8.68. The Morgan fingerprint density at radius 3 is 2.74 bits per heavy atom. The maximum absolute atomic E-state index is 5.67. The molecule has 0 bridgehead atoms. The van der Waals surface area contributed by atoms with Gasteiger partial charge >= 0.3 is 0 Å². The number of hydrogen-bond acceptors (Lipinski definition) is 6. The van der Waals surface area contributed by atoms with E-state index in [-0.39, 0.29) is 5.48 Å². The molecule has 1 aliphatic rings. The number of aryl methyl sites for hydroxylation is 1.